The fourth-order valence-corrected chi connectivity index (χ4v) is 2.54. The molecule has 2 rings (SSSR count). The van der Waals surface area contributed by atoms with Crippen LogP contribution in [0.4, 0.5) is 10.5 Å². The minimum absolute atomic E-state index is 0.0322. The molecule has 4 heteroatoms. The fraction of sp³-hybridized carbons (Fsp3) is 0.350. The van der Waals surface area contributed by atoms with Crippen molar-refractivity contribution in [1.82, 2.24) is 4.90 Å². The Bertz CT molecular complexity index is 650. The van der Waals surface area contributed by atoms with Gasteiger partial charge in [-0.2, -0.15) is 0 Å². The summed E-state index contributed by atoms with van der Waals surface area (Å²) in [6.45, 7) is 4.16. The van der Waals surface area contributed by atoms with Gasteiger partial charge < -0.3 is 15.0 Å². The molecular formula is C20H26N2O2. The van der Waals surface area contributed by atoms with Crippen molar-refractivity contribution in [1.29, 1.82) is 0 Å². The van der Waals surface area contributed by atoms with E-state index in [0.717, 1.165) is 29.8 Å². The van der Waals surface area contributed by atoms with Crippen LogP contribution in [-0.2, 0) is 6.42 Å². The molecule has 0 fully saturated rings. The number of hydrogen-bond acceptors (Lipinski definition) is 2. The summed E-state index contributed by atoms with van der Waals surface area (Å²) >= 11 is 0. The summed E-state index contributed by atoms with van der Waals surface area (Å²) in [5, 5.41) is 2.95. The third-order valence-electron chi connectivity index (χ3n) is 4.24. The highest BCUT2D eigenvalue weighted by Crippen LogP contribution is 2.22. The Morgan fingerprint density at radius 1 is 1.12 bits per heavy atom. The first-order chi connectivity index (χ1) is 11.5. The molecule has 2 aromatic rings. The van der Waals surface area contributed by atoms with E-state index in [1.807, 2.05) is 43.3 Å². The predicted octanol–water partition coefficient (Wildman–Crippen LogP) is 4.87. The van der Waals surface area contributed by atoms with Gasteiger partial charge in [0, 0.05) is 12.7 Å². The van der Waals surface area contributed by atoms with Crippen LogP contribution in [0.1, 0.15) is 37.4 Å². The van der Waals surface area contributed by atoms with E-state index in [1.165, 1.54) is 5.56 Å². The maximum absolute atomic E-state index is 12.5. The van der Waals surface area contributed by atoms with Crippen molar-refractivity contribution in [3.05, 3.63) is 59.7 Å². The van der Waals surface area contributed by atoms with Gasteiger partial charge in [-0.3, -0.25) is 0 Å². The Kier molecular flexibility index (Phi) is 6.24. The van der Waals surface area contributed by atoms with Gasteiger partial charge in [0.2, 0.25) is 0 Å². The summed E-state index contributed by atoms with van der Waals surface area (Å²) in [4.78, 5) is 14.1. The zero-order valence-corrected chi connectivity index (χ0v) is 14.9. The molecule has 0 aliphatic rings. The second-order valence-corrected chi connectivity index (χ2v) is 5.94. The SMILES string of the molecule is CCCc1ccc(NC(=O)N(C)C(C)c2ccc(OC)cc2)cc1. The number of nitrogens with zero attached hydrogens (tertiary/aromatic N) is 1. The molecule has 24 heavy (non-hydrogen) atoms. The summed E-state index contributed by atoms with van der Waals surface area (Å²) in [5.41, 5.74) is 3.16. The largest absolute Gasteiger partial charge is 0.497 e. The highest BCUT2D eigenvalue weighted by Gasteiger charge is 2.17. The predicted molar refractivity (Wildman–Crippen MR) is 98.6 cm³/mol. The minimum Gasteiger partial charge on any atom is -0.497 e. The molecule has 0 spiro atoms. The van der Waals surface area contributed by atoms with Crippen LogP contribution in [0.5, 0.6) is 5.75 Å². The standard InChI is InChI=1S/C20H26N2O2/c1-5-6-16-7-11-18(12-8-16)21-20(23)22(3)15(2)17-9-13-19(24-4)14-10-17/h7-15H,5-6H2,1-4H3,(H,21,23). The molecule has 0 bridgehead atoms. The normalized spacial score (nSPS) is 11.7. The van der Waals surface area contributed by atoms with Crippen LogP contribution in [0.15, 0.2) is 48.5 Å². The summed E-state index contributed by atoms with van der Waals surface area (Å²) < 4.78 is 5.17. The molecule has 0 saturated carbocycles. The van der Waals surface area contributed by atoms with Gasteiger partial charge in [0.1, 0.15) is 5.75 Å². The van der Waals surface area contributed by atoms with Crippen LogP contribution in [0.25, 0.3) is 0 Å². The van der Waals surface area contributed by atoms with Crippen molar-refractivity contribution in [3.8, 4) is 5.75 Å². The number of nitrogens with one attached hydrogen (secondary N) is 1. The number of ether oxygens (including phenoxy) is 1. The van der Waals surface area contributed by atoms with Gasteiger partial charge in [-0.05, 0) is 48.7 Å². The molecule has 1 unspecified atom stereocenters. The lowest BCUT2D eigenvalue weighted by atomic mass is 10.1. The van der Waals surface area contributed by atoms with Gasteiger partial charge in [0.25, 0.3) is 0 Å². The van der Waals surface area contributed by atoms with Gasteiger partial charge in [0.15, 0.2) is 0 Å². The zero-order valence-electron chi connectivity index (χ0n) is 14.9. The Labute approximate surface area is 144 Å². The molecule has 0 aliphatic carbocycles. The topological polar surface area (TPSA) is 41.6 Å². The van der Waals surface area contributed by atoms with Crippen molar-refractivity contribution in [2.75, 3.05) is 19.5 Å². The van der Waals surface area contributed by atoms with Crippen LogP contribution in [0, 0.1) is 0 Å². The van der Waals surface area contributed by atoms with E-state index in [0.29, 0.717) is 0 Å². The van der Waals surface area contributed by atoms with E-state index in [4.69, 9.17) is 4.74 Å². The second-order valence-electron chi connectivity index (χ2n) is 5.94. The molecule has 1 N–H and O–H groups in total. The van der Waals surface area contributed by atoms with Crippen LogP contribution in [-0.4, -0.2) is 25.1 Å². The lowest BCUT2D eigenvalue weighted by Gasteiger charge is -2.25. The number of carbonyl (C=O) groups excluding carboxylic acids is 1. The number of amides is 2. The van der Waals surface area contributed by atoms with Crippen molar-refractivity contribution >= 4 is 11.7 Å². The third kappa shape index (κ3) is 4.51. The van der Waals surface area contributed by atoms with Crippen molar-refractivity contribution in [2.45, 2.75) is 32.7 Å². The van der Waals surface area contributed by atoms with E-state index in [-0.39, 0.29) is 12.1 Å². The number of benzene rings is 2. The van der Waals surface area contributed by atoms with Crippen LogP contribution in [0.3, 0.4) is 0 Å². The number of methoxy groups -OCH3 is 1. The van der Waals surface area contributed by atoms with Crippen LogP contribution < -0.4 is 10.1 Å². The summed E-state index contributed by atoms with van der Waals surface area (Å²) in [6, 6.07) is 15.6. The molecule has 4 nitrogen and oxygen atoms in total. The van der Waals surface area contributed by atoms with Gasteiger partial charge in [-0.1, -0.05) is 37.6 Å². The molecule has 0 aromatic heterocycles. The molecule has 1 atom stereocenters. The molecular weight excluding hydrogens is 300 g/mol. The number of carbonyl (C=O) groups is 1. The van der Waals surface area contributed by atoms with Crippen molar-refractivity contribution in [3.63, 3.8) is 0 Å². The Balaban J connectivity index is 1.99. The number of hydrogen-bond donors (Lipinski definition) is 1. The third-order valence-corrected chi connectivity index (χ3v) is 4.24. The molecule has 0 radical (unpaired) electrons. The van der Waals surface area contributed by atoms with E-state index < -0.39 is 0 Å². The summed E-state index contributed by atoms with van der Waals surface area (Å²) in [5.74, 6) is 0.810. The van der Waals surface area contributed by atoms with Crippen LogP contribution in [0.2, 0.25) is 0 Å². The van der Waals surface area contributed by atoms with Crippen molar-refractivity contribution < 1.29 is 9.53 Å². The zero-order chi connectivity index (χ0) is 17.5. The van der Waals surface area contributed by atoms with Gasteiger partial charge in [-0.15, -0.1) is 0 Å². The van der Waals surface area contributed by atoms with Gasteiger partial charge in [0.05, 0.1) is 13.2 Å². The second kappa shape index (κ2) is 8.39. The monoisotopic (exact) mass is 326 g/mol. The number of anilines is 1. The molecule has 2 aromatic carbocycles. The quantitative estimate of drug-likeness (QED) is 0.822. The van der Waals surface area contributed by atoms with Gasteiger partial charge >= 0.3 is 6.03 Å². The first-order valence-electron chi connectivity index (χ1n) is 8.31. The smallest absolute Gasteiger partial charge is 0.322 e. The number of rotatable bonds is 6. The Morgan fingerprint density at radius 2 is 1.75 bits per heavy atom. The first kappa shape index (κ1) is 17.9. The molecule has 0 heterocycles. The fourth-order valence-electron chi connectivity index (χ4n) is 2.54. The van der Waals surface area contributed by atoms with E-state index in [1.54, 1.807) is 19.1 Å². The Morgan fingerprint density at radius 3 is 2.29 bits per heavy atom. The lowest BCUT2D eigenvalue weighted by molar-refractivity contribution is 0.208. The molecule has 128 valence electrons. The van der Waals surface area contributed by atoms with Crippen molar-refractivity contribution in [2.24, 2.45) is 0 Å². The highest BCUT2D eigenvalue weighted by molar-refractivity contribution is 5.89. The maximum atomic E-state index is 12.5. The highest BCUT2D eigenvalue weighted by atomic mass is 16.5. The maximum Gasteiger partial charge on any atom is 0.322 e. The summed E-state index contributed by atoms with van der Waals surface area (Å²) in [7, 11) is 3.44. The van der Waals surface area contributed by atoms with E-state index in [9.17, 15) is 4.79 Å². The van der Waals surface area contributed by atoms with Gasteiger partial charge in [-0.25, -0.2) is 4.79 Å². The Hall–Kier alpha value is -2.49. The van der Waals surface area contributed by atoms with Crippen LogP contribution >= 0.6 is 0 Å². The summed E-state index contributed by atoms with van der Waals surface area (Å²) in [6.07, 6.45) is 2.18. The lowest BCUT2D eigenvalue weighted by Crippen LogP contribution is -2.33. The average Bonchev–Trinajstić information content (AvgIpc) is 2.62. The molecule has 0 aliphatic heterocycles. The van der Waals surface area contributed by atoms with E-state index in [2.05, 4.69) is 24.4 Å². The minimum atomic E-state index is -0.124. The molecule has 0 saturated heterocycles. The average molecular weight is 326 g/mol. The number of aryl methyl sites for hydroxylation is 1. The van der Waals surface area contributed by atoms with E-state index >= 15 is 0 Å². The first-order valence-corrected chi connectivity index (χ1v) is 8.31. The molecule has 2 amide bonds. The number of urea groups is 1.